The van der Waals surface area contributed by atoms with E-state index in [-0.39, 0.29) is 0 Å². The molecule has 0 unspecified atom stereocenters. The average Bonchev–Trinajstić information content (AvgIpc) is 2.85. The summed E-state index contributed by atoms with van der Waals surface area (Å²) in [6, 6.07) is 23.5. The molecule has 168 valence electrons. The predicted octanol–water partition coefficient (Wildman–Crippen LogP) is 6.09. The summed E-state index contributed by atoms with van der Waals surface area (Å²) in [7, 11) is 0. The van der Waals surface area contributed by atoms with Crippen molar-refractivity contribution in [2.45, 2.75) is 32.6 Å². The summed E-state index contributed by atoms with van der Waals surface area (Å²) in [6.07, 6.45) is 0.344. The van der Waals surface area contributed by atoms with Crippen LogP contribution in [0.2, 0.25) is 5.02 Å². The molecule has 7 heteroatoms. The van der Waals surface area contributed by atoms with Gasteiger partial charge >= 0.3 is 0 Å². The van der Waals surface area contributed by atoms with Gasteiger partial charge in [-0.15, -0.1) is 0 Å². The Labute approximate surface area is 196 Å². The predicted molar refractivity (Wildman–Crippen MR) is 125 cm³/mol. The largest absolute Gasteiger partial charge is 0.309 e. The van der Waals surface area contributed by atoms with Gasteiger partial charge < -0.3 is 5.32 Å². The van der Waals surface area contributed by atoms with Crippen LogP contribution in [0.4, 0.5) is 0 Å². The van der Waals surface area contributed by atoms with E-state index < -0.39 is 12.6 Å². The quantitative estimate of drug-likeness (QED) is 0.350. The Morgan fingerprint density at radius 3 is 2.09 bits per heavy atom. The Morgan fingerprint density at radius 2 is 1.42 bits per heavy atom. The van der Waals surface area contributed by atoms with Crippen molar-refractivity contribution in [3.63, 3.8) is 0 Å². The Balaban J connectivity index is 1.14. The van der Waals surface area contributed by atoms with Crippen LogP contribution in [0.15, 0.2) is 79.0 Å². The van der Waals surface area contributed by atoms with E-state index in [2.05, 4.69) is 10.3 Å². The smallest absolute Gasteiger partial charge is 0.249 e. The van der Waals surface area contributed by atoms with Gasteiger partial charge in [-0.25, -0.2) is 0 Å². The molecular formula is C26H23ClN2O4. The summed E-state index contributed by atoms with van der Waals surface area (Å²) in [5, 5.41) is 5.26. The van der Waals surface area contributed by atoms with Gasteiger partial charge in [0.15, 0.2) is 0 Å². The Bertz CT molecular complexity index is 1220. The fourth-order valence-electron chi connectivity index (χ4n) is 3.65. The number of fused-ring (bicyclic) bond motifs is 1. The molecule has 1 aliphatic rings. The van der Waals surface area contributed by atoms with Crippen molar-refractivity contribution in [1.29, 1.82) is 0 Å². The number of hydrogen-bond donors (Lipinski definition) is 1. The maximum Gasteiger partial charge on any atom is 0.249 e. The third kappa shape index (κ3) is 5.23. The molecule has 0 spiro atoms. The second-order valence-electron chi connectivity index (χ2n) is 7.94. The number of pyridine rings is 1. The number of nitrogens with one attached hydrogen (secondary N) is 1. The van der Waals surface area contributed by atoms with Crippen LogP contribution in [0.5, 0.6) is 0 Å². The second-order valence-corrected chi connectivity index (χ2v) is 8.37. The number of aryl methyl sites for hydroxylation is 1. The number of benzene rings is 3. The van der Waals surface area contributed by atoms with Crippen molar-refractivity contribution in [3.05, 3.63) is 112 Å². The zero-order valence-electron chi connectivity index (χ0n) is 18.0. The molecule has 3 aromatic carbocycles. The monoisotopic (exact) mass is 462 g/mol. The van der Waals surface area contributed by atoms with Gasteiger partial charge in [0.25, 0.3) is 0 Å². The van der Waals surface area contributed by atoms with Crippen LogP contribution < -0.4 is 5.32 Å². The highest BCUT2D eigenvalue weighted by molar-refractivity contribution is 6.31. The molecule has 1 N–H and O–H groups in total. The summed E-state index contributed by atoms with van der Waals surface area (Å²) in [6.45, 7) is 3.46. The summed E-state index contributed by atoms with van der Waals surface area (Å²) in [5.74, 6) is 0. The van der Waals surface area contributed by atoms with Crippen molar-refractivity contribution in [2.75, 3.05) is 0 Å². The molecule has 1 saturated heterocycles. The molecule has 6 nitrogen and oxygen atoms in total. The zero-order valence-corrected chi connectivity index (χ0v) is 18.8. The number of aromatic nitrogens is 1. The normalized spacial score (nSPS) is 18.5. The first-order chi connectivity index (χ1) is 16.2. The molecule has 0 aliphatic carbocycles. The summed E-state index contributed by atoms with van der Waals surface area (Å²) in [4.78, 5) is 26.0. The lowest BCUT2D eigenvalue weighted by molar-refractivity contribution is -0.600. The Hall–Kier alpha value is -2.84. The van der Waals surface area contributed by atoms with E-state index in [9.17, 15) is 0 Å². The van der Waals surface area contributed by atoms with Crippen molar-refractivity contribution in [3.8, 4) is 0 Å². The molecular weight excluding hydrogens is 440 g/mol. The molecule has 1 aromatic heterocycles. The fourth-order valence-corrected chi connectivity index (χ4v) is 3.81. The molecule has 33 heavy (non-hydrogen) atoms. The molecule has 2 heterocycles. The summed E-state index contributed by atoms with van der Waals surface area (Å²) in [5.41, 5.74) is 5.99. The standard InChI is InChI=1S/C26H23ClN2O4/c1-17-2-6-19(7-3-17)25-30-32-26(33-31-25)20-8-4-18(5-9-20)15-28-16-21-12-13-29-24-14-22(27)10-11-23(21)24/h2-14,25-26,28H,15-16H2,1H3. The number of hydrogen-bond acceptors (Lipinski definition) is 6. The molecule has 4 aromatic rings. The number of nitrogens with zero attached hydrogens (tertiary/aromatic N) is 1. The first-order valence-corrected chi connectivity index (χ1v) is 11.1. The van der Waals surface area contributed by atoms with E-state index in [1.165, 1.54) is 5.56 Å². The van der Waals surface area contributed by atoms with Crippen molar-refractivity contribution < 1.29 is 19.6 Å². The van der Waals surface area contributed by atoms with E-state index in [0.29, 0.717) is 11.6 Å². The maximum atomic E-state index is 6.08. The minimum absolute atomic E-state index is 0.688. The average molecular weight is 463 g/mol. The third-order valence-corrected chi connectivity index (χ3v) is 5.74. The third-order valence-electron chi connectivity index (χ3n) is 5.50. The maximum absolute atomic E-state index is 6.08. The molecule has 0 saturated carbocycles. The highest BCUT2D eigenvalue weighted by Gasteiger charge is 2.28. The molecule has 0 radical (unpaired) electrons. The molecule has 0 bridgehead atoms. The van der Waals surface area contributed by atoms with Gasteiger partial charge in [-0.05, 0) is 36.2 Å². The second kappa shape index (κ2) is 9.97. The van der Waals surface area contributed by atoms with Crippen LogP contribution in [0.25, 0.3) is 10.9 Å². The summed E-state index contributed by atoms with van der Waals surface area (Å²) < 4.78 is 0. The van der Waals surface area contributed by atoms with Crippen LogP contribution in [0, 0.1) is 6.92 Å². The molecule has 0 atom stereocenters. The van der Waals surface area contributed by atoms with Crippen LogP contribution >= 0.6 is 11.6 Å². The van der Waals surface area contributed by atoms with E-state index in [1.54, 1.807) is 0 Å². The van der Waals surface area contributed by atoms with Crippen molar-refractivity contribution >= 4 is 22.5 Å². The van der Waals surface area contributed by atoms with Gasteiger partial charge in [0.05, 0.1) is 5.52 Å². The minimum atomic E-state index is -0.747. The summed E-state index contributed by atoms with van der Waals surface area (Å²) >= 11 is 6.08. The van der Waals surface area contributed by atoms with E-state index >= 15 is 0 Å². The van der Waals surface area contributed by atoms with Crippen LogP contribution in [-0.4, -0.2) is 4.98 Å². The van der Waals surface area contributed by atoms with Gasteiger partial charge in [0, 0.05) is 40.8 Å². The molecule has 1 fully saturated rings. The van der Waals surface area contributed by atoms with Gasteiger partial charge in [-0.3, -0.25) is 4.98 Å². The van der Waals surface area contributed by atoms with E-state index in [4.69, 9.17) is 31.2 Å². The minimum Gasteiger partial charge on any atom is -0.309 e. The molecule has 1 aliphatic heterocycles. The van der Waals surface area contributed by atoms with Crippen molar-refractivity contribution in [1.82, 2.24) is 10.3 Å². The lowest BCUT2D eigenvalue weighted by Gasteiger charge is -2.27. The Kier molecular flexibility index (Phi) is 6.64. The number of halogens is 1. The van der Waals surface area contributed by atoms with E-state index in [1.807, 2.05) is 85.9 Å². The van der Waals surface area contributed by atoms with Gasteiger partial charge in [0.1, 0.15) is 0 Å². The highest BCUT2D eigenvalue weighted by atomic mass is 35.5. The van der Waals surface area contributed by atoms with Crippen LogP contribution in [0.1, 0.15) is 40.4 Å². The first kappa shape index (κ1) is 22.0. The first-order valence-electron chi connectivity index (χ1n) is 10.7. The van der Waals surface area contributed by atoms with Crippen molar-refractivity contribution in [2.24, 2.45) is 0 Å². The highest BCUT2D eigenvalue weighted by Crippen LogP contribution is 2.32. The SMILES string of the molecule is Cc1ccc(C2OOC(c3ccc(CNCc4ccnc5cc(Cl)ccc45)cc3)OO2)cc1. The number of rotatable bonds is 6. The van der Waals surface area contributed by atoms with Gasteiger partial charge in [0.2, 0.25) is 12.6 Å². The lowest BCUT2D eigenvalue weighted by Crippen LogP contribution is -2.22. The van der Waals surface area contributed by atoms with Crippen LogP contribution in [0.3, 0.4) is 0 Å². The molecule has 0 amide bonds. The zero-order chi connectivity index (χ0) is 22.6. The topological polar surface area (TPSA) is 61.8 Å². The van der Waals surface area contributed by atoms with E-state index in [0.717, 1.165) is 39.7 Å². The molecule has 5 rings (SSSR count). The Morgan fingerprint density at radius 1 is 0.788 bits per heavy atom. The lowest BCUT2D eigenvalue weighted by atomic mass is 10.1. The fraction of sp³-hybridized carbons (Fsp3) is 0.192. The van der Waals surface area contributed by atoms with Gasteiger partial charge in [-0.1, -0.05) is 71.8 Å². The van der Waals surface area contributed by atoms with Crippen LogP contribution in [-0.2, 0) is 32.6 Å². The van der Waals surface area contributed by atoms with Gasteiger partial charge in [-0.2, -0.15) is 19.6 Å².